The number of anilines is 1. The molecule has 0 bridgehead atoms. The van der Waals surface area contributed by atoms with Crippen molar-refractivity contribution in [2.75, 3.05) is 24.7 Å². The summed E-state index contributed by atoms with van der Waals surface area (Å²) in [6, 6.07) is 16.1. The molecular weight excluding hydrogens is 582 g/mol. The number of nitrogens with one attached hydrogen (secondary N) is 2. The molecule has 1 amide bonds. The highest BCUT2D eigenvalue weighted by Crippen LogP contribution is 2.28. The van der Waals surface area contributed by atoms with Gasteiger partial charge in [0.25, 0.3) is 0 Å². The van der Waals surface area contributed by atoms with Gasteiger partial charge in [-0.05, 0) is 80.1 Å². The summed E-state index contributed by atoms with van der Waals surface area (Å²) in [5.41, 5.74) is 8.78. The molecule has 0 aliphatic carbocycles. The number of hydrogen-bond acceptors (Lipinski definition) is 5. The highest BCUT2D eigenvalue weighted by molar-refractivity contribution is 7.88. The monoisotopic (exact) mass is 618 g/mol. The first-order valence-corrected chi connectivity index (χ1v) is 16.2. The Morgan fingerprint density at radius 3 is 2.45 bits per heavy atom. The van der Waals surface area contributed by atoms with Crippen molar-refractivity contribution in [2.24, 2.45) is 5.73 Å². The van der Waals surface area contributed by atoms with Crippen LogP contribution in [0.15, 0.2) is 66.7 Å². The van der Waals surface area contributed by atoms with Gasteiger partial charge in [-0.1, -0.05) is 41.9 Å². The predicted octanol–water partition coefficient (Wildman–Crippen LogP) is 4.86. The van der Waals surface area contributed by atoms with Crippen molar-refractivity contribution in [3.05, 3.63) is 100 Å². The van der Waals surface area contributed by atoms with E-state index in [0.717, 1.165) is 11.1 Å². The second-order valence-corrected chi connectivity index (χ2v) is 13.2. The number of piperazine rings is 1. The maximum Gasteiger partial charge on any atom is 0.241 e. The van der Waals surface area contributed by atoms with E-state index < -0.39 is 33.7 Å². The lowest BCUT2D eigenvalue weighted by Crippen LogP contribution is -2.57. The lowest BCUT2D eigenvalue weighted by atomic mass is 9.85. The largest absolute Gasteiger partial charge is 0.324 e. The summed E-state index contributed by atoms with van der Waals surface area (Å²) in [6.07, 6.45) is 2.93. The van der Waals surface area contributed by atoms with Crippen LogP contribution in [0.3, 0.4) is 0 Å². The fourth-order valence-electron chi connectivity index (χ4n) is 5.71. The highest BCUT2D eigenvalue weighted by Gasteiger charge is 2.34. The molecule has 11 heteroatoms. The van der Waals surface area contributed by atoms with Gasteiger partial charge in [-0.15, -0.1) is 0 Å². The van der Waals surface area contributed by atoms with Gasteiger partial charge in [0.1, 0.15) is 11.6 Å². The van der Waals surface area contributed by atoms with Crippen LogP contribution < -0.4 is 16.4 Å². The van der Waals surface area contributed by atoms with E-state index in [4.69, 9.17) is 17.3 Å². The minimum Gasteiger partial charge on any atom is -0.324 e. The van der Waals surface area contributed by atoms with E-state index in [0.29, 0.717) is 55.0 Å². The van der Waals surface area contributed by atoms with E-state index >= 15 is 4.39 Å². The number of carbonyl (C=O) groups is 1. The quantitative estimate of drug-likeness (QED) is 0.285. The Bertz CT molecular complexity index is 1470. The number of nitrogens with two attached hydrogens (primary N) is 1. The van der Waals surface area contributed by atoms with E-state index in [9.17, 15) is 17.6 Å². The van der Waals surface area contributed by atoms with Crippen molar-refractivity contribution in [1.82, 2.24) is 9.62 Å². The molecule has 1 aliphatic heterocycles. The van der Waals surface area contributed by atoms with Crippen molar-refractivity contribution < 1.29 is 22.0 Å². The van der Waals surface area contributed by atoms with E-state index in [1.165, 1.54) is 34.8 Å². The summed E-state index contributed by atoms with van der Waals surface area (Å²) in [4.78, 5) is 13.5. The molecule has 0 unspecified atom stereocenters. The van der Waals surface area contributed by atoms with E-state index in [1.807, 2.05) is 6.92 Å². The summed E-state index contributed by atoms with van der Waals surface area (Å²) >= 11 is 6.08. The van der Waals surface area contributed by atoms with Crippen molar-refractivity contribution in [1.29, 1.82) is 0 Å². The van der Waals surface area contributed by atoms with Gasteiger partial charge in [-0.25, -0.2) is 17.2 Å². The first-order valence-electron chi connectivity index (χ1n) is 14.0. The van der Waals surface area contributed by atoms with Crippen molar-refractivity contribution in [3.63, 3.8) is 0 Å². The van der Waals surface area contributed by atoms with E-state index in [-0.39, 0.29) is 17.9 Å². The summed E-state index contributed by atoms with van der Waals surface area (Å²) in [6.45, 7) is 2.96. The van der Waals surface area contributed by atoms with E-state index in [1.54, 1.807) is 42.5 Å². The molecule has 226 valence electrons. The van der Waals surface area contributed by atoms with Gasteiger partial charge >= 0.3 is 0 Å². The number of hydrogen-bond donors (Lipinski definition) is 3. The molecule has 1 aliphatic rings. The van der Waals surface area contributed by atoms with Gasteiger partial charge in [0.2, 0.25) is 15.9 Å². The maximum atomic E-state index is 15.0. The zero-order valence-corrected chi connectivity index (χ0v) is 25.3. The third-order valence-electron chi connectivity index (χ3n) is 7.74. The van der Waals surface area contributed by atoms with Crippen LogP contribution in [0, 0.1) is 11.6 Å². The number of benzene rings is 3. The minimum absolute atomic E-state index is 0.174. The third kappa shape index (κ3) is 8.14. The molecule has 1 saturated heterocycles. The number of carbonyl (C=O) groups excluding carboxylic acids is 1. The number of sulfonamides is 1. The molecule has 0 aromatic heterocycles. The van der Waals surface area contributed by atoms with Crippen LogP contribution in [0.4, 0.5) is 14.5 Å². The fraction of sp³-hybridized carbons (Fsp3) is 0.387. The smallest absolute Gasteiger partial charge is 0.241 e. The summed E-state index contributed by atoms with van der Waals surface area (Å²) in [5, 5.41) is 6.64. The molecule has 7 nitrogen and oxygen atoms in total. The number of halogens is 3. The number of rotatable bonds is 11. The average molecular weight is 619 g/mol. The molecule has 4 rings (SSSR count). The first-order chi connectivity index (χ1) is 19.9. The molecule has 0 saturated carbocycles. The molecule has 0 spiro atoms. The molecule has 42 heavy (non-hydrogen) atoms. The van der Waals surface area contributed by atoms with Crippen LogP contribution in [0.1, 0.15) is 42.4 Å². The van der Waals surface area contributed by atoms with Crippen molar-refractivity contribution >= 4 is 33.2 Å². The SMILES string of the molecule is C[C@H]1CNC[C@H](CCCc2c(F)cccc2NC(=O)[C@@H](N)[C@@H](Cc2ccc(F)cc2)c2ccc(Cl)cc2)N1S(C)(=O)=O. The Hall–Kier alpha value is -2.89. The van der Waals surface area contributed by atoms with Crippen LogP contribution in [0.2, 0.25) is 5.02 Å². The molecule has 1 heterocycles. The molecule has 4 atom stereocenters. The minimum atomic E-state index is -3.40. The van der Waals surface area contributed by atoms with Crippen LogP contribution in [0.25, 0.3) is 0 Å². The second kappa shape index (κ2) is 14.1. The zero-order chi connectivity index (χ0) is 30.4. The van der Waals surface area contributed by atoms with Crippen LogP contribution in [-0.2, 0) is 27.7 Å². The van der Waals surface area contributed by atoms with Crippen molar-refractivity contribution in [2.45, 2.75) is 56.7 Å². The Labute approximate surface area is 251 Å². The van der Waals surface area contributed by atoms with Crippen LogP contribution >= 0.6 is 11.6 Å². The Balaban J connectivity index is 1.49. The van der Waals surface area contributed by atoms with E-state index in [2.05, 4.69) is 10.6 Å². The summed E-state index contributed by atoms with van der Waals surface area (Å²) in [5.74, 6) is -1.78. The topological polar surface area (TPSA) is 105 Å². The molecule has 0 radical (unpaired) electrons. The molecule has 3 aromatic rings. The highest BCUT2D eigenvalue weighted by atomic mass is 35.5. The first kappa shape index (κ1) is 32.0. The van der Waals surface area contributed by atoms with Crippen LogP contribution in [0.5, 0.6) is 0 Å². The maximum absolute atomic E-state index is 15.0. The van der Waals surface area contributed by atoms with Gasteiger partial charge in [-0.3, -0.25) is 4.79 Å². The summed E-state index contributed by atoms with van der Waals surface area (Å²) in [7, 11) is -3.40. The predicted molar refractivity (Wildman–Crippen MR) is 163 cm³/mol. The molecule has 3 aromatic carbocycles. The average Bonchev–Trinajstić information content (AvgIpc) is 2.93. The second-order valence-electron chi connectivity index (χ2n) is 10.9. The lowest BCUT2D eigenvalue weighted by Gasteiger charge is -2.39. The summed E-state index contributed by atoms with van der Waals surface area (Å²) < 4.78 is 54.9. The molecule has 1 fully saturated rings. The Kier molecular flexibility index (Phi) is 10.7. The molecule has 4 N–H and O–H groups in total. The van der Waals surface area contributed by atoms with Crippen LogP contribution in [-0.4, -0.2) is 56.1 Å². The fourth-order valence-corrected chi connectivity index (χ4v) is 7.28. The standard InChI is InChI=1S/C31H37ClF2N4O3S/c1-20-18-36-19-25(38(20)42(2,40)41)5-3-6-26-28(34)7-4-8-29(26)37-31(39)30(35)27(22-11-13-23(32)14-12-22)17-21-9-15-24(33)16-10-21/h4,7-16,20,25,27,30,36H,3,5-6,17-19,35H2,1-2H3,(H,37,39)/t20-,25-,27-,30-/m0/s1. The number of amides is 1. The van der Waals surface area contributed by atoms with Gasteiger partial charge in [0, 0.05) is 47.4 Å². The third-order valence-corrected chi connectivity index (χ3v) is 9.42. The molecular formula is C31H37ClF2N4O3S. The lowest BCUT2D eigenvalue weighted by molar-refractivity contribution is -0.117. The zero-order valence-electron chi connectivity index (χ0n) is 23.7. The normalized spacial score (nSPS) is 19.3. The number of nitrogens with zero attached hydrogens (tertiary/aromatic N) is 1. The van der Waals surface area contributed by atoms with Gasteiger partial charge in [0.15, 0.2) is 0 Å². The van der Waals surface area contributed by atoms with Gasteiger partial charge < -0.3 is 16.4 Å². The van der Waals surface area contributed by atoms with Gasteiger partial charge in [0.05, 0.1) is 12.3 Å². The Morgan fingerprint density at radius 2 is 1.79 bits per heavy atom. The Morgan fingerprint density at radius 1 is 1.10 bits per heavy atom. The van der Waals surface area contributed by atoms with Crippen molar-refractivity contribution in [3.8, 4) is 0 Å². The van der Waals surface area contributed by atoms with Gasteiger partial charge in [-0.2, -0.15) is 4.31 Å².